The van der Waals surface area contributed by atoms with E-state index in [1.807, 2.05) is 0 Å². The lowest BCUT2D eigenvalue weighted by atomic mass is 9.94. The standard InChI is InChI=1S/C32H37NO4S.C3H4/c1-36-32(34)14-8-23-6-10-28(11-7-23)33-21-25-5-9-26-3-2-4-27-20-29(12-13-30(27)31(26)19-25)37-22-24-15-17-38(35)18-16-24;1-3-2/h5-7,9-13,19-20,24,33H,2-4,8,14-18,21-22H2,1H3;1H,2H3. The molecule has 1 fully saturated rings. The highest BCUT2D eigenvalue weighted by molar-refractivity contribution is 7.85. The third kappa shape index (κ3) is 8.96. The second-order valence-corrected chi connectivity index (χ2v) is 12.4. The van der Waals surface area contributed by atoms with Crippen molar-refractivity contribution in [2.24, 2.45) is 5.92 Å². The zero-order valence-electron chi connectivity index (χ0n) is 24.2. The summed E-state index contributed by atoms with van der Waals surface area (Å²) in [6.45, 7) is 3.12. The van der Waals surface area contributed by atoms with Crippen molar-refractivity contribution in [1.82, 2.24) is 0 Å². The summed E-state index contributed by atoms with van der Waals surface area (Å²) in [5, 5.41) is 3.54. The summed E-state index contributed by atoms with van der Waals surface area (Å²) in [6, 6.07) is 21.7. The molecule has 6 heteroatoms. The van der Waals surface area contributed by atoms with Gasteiger partial charge in [0.15, 0.2) is 0 Å². The molecule has 0 radical (unpaired) electrons. The number of esters is 1. The zero-order chi connectivity index (χ0) is 29.0. The minimum absolute atomic E-state index is 0.181. The van der Waals surface area contributed by atoms with E-state index in [4.69, 9.17) is 9.47 Å². The van der Waals surface area contributed by atoms with Crippen LogP contribution in [0.25, 0.3) is 11.1 Å². The van der Waals surface area contributed by atoms with Gasteiger partial charge in [0, 0.05) is 41.0 Å². The van der Waals surface area contributed by atoms with Crippen LogP contribution >= 0.6 is 0 Å². The third-order valence-corrected chi connectivity index (χ3v) is 9.10. The molecule has 0 amide bonds. The Bertz CT molecular complexity index is 1370. The predicted octanol–water partition coefficient (Wildman–Crippen LogP) is 6.74. The van der Waals surface area contributed by atoms with Crippen LogP contribution < -0.4 is 10.1 Å². The lowest BCUT2D eigenvalue weighted by Crippen LogP contribution is -2.23. The Morgan fingerprint density at radius 2 is 1.68 bits per heavy atom. The normalized spacial score (nSPS) is 17.4. The maximum absolute atomic E-state index is 11.6. The summed E-state index contributed by atoms with van der Waals surface area (Å²) in [5.74, 6) is 5.16. The predicted molar refractivity (Wildman–Crippen MR) is 169 cm³/mol. The molecule has 216 valence electrons. The van der Waals surface area contributed by atoms with Crippen molar-refractivity contribution in [3.8, 4) is 29.2 Å². The van der Waals surface area contributed by atoms with E-state index in [2.05, 4.69) is 78.3 Å². The van der Waals surface area contributed by atoms with Crippen LogP contribution in [0.3, 0.4) is 0 Å². The SMILES string of the molecule is C#CC.COC(=O)CCc1ccc(NCc2ccc3c(c2)-c2ccc(OCC4CCS(=O)CC4)cc2CCC3)cc1. The number of fused-ring (bicyclic) bond motifs is 3. The number of ether oxygens (including phenoxy) is 2. The average molecular weight is 572 g/mol. The van der Waals surface area contributed by atoms with Gasteiger partial charge >= 0.3 is 5.97 Å². The molecule has 1 aliphatic carbocycles. The molecular weight excluding hydrogens is 530 g/mol. The Kier molecular flexibility index (Phi) is 11.5. The molecule has 1 heterocycles. The van der Waals surface area contributed by atoms with Gasteiger partial charge in [-0.1, -0.05) is 30.3 Å². The van der Waals surface area contributed by atoms with Gasteiger partial charge in [0.1, 0.15) is 5.75 Å². The Balaban J connectivity index is 0.00000124. The van der Waals surface area contributed by atoms with Crippen molar-refractivity contribution in [2.75, 3.05) is 30.5 Å². The van der Waals surface area contributed by atoms with E-state index in [-0.39, 0.29) is 5.97 Å². The monoisotopic (exact) mass is 571 g/mol. The fourth-order valence-electron chi connectivity index (χ4n) is 5.37. The number of anilines is 1. The van der Waals surface area contributed by atoms with Crippen LogP contribution in [0.1, 0.15) is 54.9 Å². The molecule has 3 aromatic carbocycles. The molecule has 0 spiro atoms. The van der Waals surface area contributed by atoms with Gasteiger partial charge in [-0.3, -0.25) is 9.00 Å². The fourth-order valence-corrected chi connectivity index (χ4v) is 6.76. The van der Waals surface area contributed by atoms with E-state index < -0.39 is 10.8 Å². The quantitative estimate of drug-likeness (QED) is 0.228. The van der Waals surface area contributed by atoms with Crippen molar-refractivity contribution < 1.29 is 18.5 Å². The van der Waals surface area contributed by atoms with E-state index in [0.717, 1.165) is 67.2 Å². The number of methoxy groups -OCH3 is 1. The van der Waals surface area contributed by atoms with E-state index in [1.165, 1.54) is 34.9 Å². The van der Waals surface area contributed by atoms with Gasteiger partial charge in [-0.15, -0.1) is 12.3 Å². The lowest BCUT2D eigenvalue weighted by molar-refractivity contribution is -0.140. The molecule has 1 aliphatic heterocycles. The number of hydrogen-bond donors (Lipinski definition) is 1. The van der Waals surface area contributed by atoms with Crippen molar-refractivity contribution in [1.29, 1.82) is 0 Å². The zero-order valence-corrected chi connectivity index (χ0v) is 25.1. The van der Waals surface area contributed by atoms with Gasteiger partial charge in [-0.05, 0) is 115 Å². The molecule has 0 saturated carbocycles. The largest absolute Gasteiger partial charge is 0.493 e. The number of terminal acetylenes is 1. The number of aryl methyl sites for hydroxylation is 3. The number of carbonyl (C=O) groups is 1. The summed E-state index contributed by atoms with van der Waals surface area (Å²) in [7, 11) is 0.797. The molecule has 0 unspecified atom stereocenters. The van der Waals surface area contributed by atoms with E-state index >= 15 is 0 Å². The highest BCUT2D eigenvalue weighted by Gasteiger charge is 2.19. The topological polar surface area (TPSA) is 64.6 Å². The van der Waals surface area contributed by atoms with E-state index in [1.54, 1.807) is 6.92 Å². The van der Waals surface area contributed by atoms with Gasteiger partial charge in [-0.2, -0.15) is 0 Å². The van der Waals surface area contributed by atoms with Crippen LogP contribution in [0.15, 0.2) is 60.7 Å². The highest BCUT2D eigenvalue weighted by atomic mass is 32.2. The number of nitrogens with one attached hydrogen (secondary N) is 1. The van der Waals surface area contributed by atoms with Gasteiger partial charge in [0.05, 0.1) is 13.7 Å². The second kappa shape index (κ2) is 15.4. The summed E-state index contributed by atoms with van der Waals surface area (Å²) in [4.78, 5) is 11.4. The van der Waals surface area contributed by atoms with Crippen molar-refractivity contribution >= 4 is 22.5 Å². The van der Waals surface area contributed by atoms with Crippen molar-refractivity contribution in [3.63, 3.8) is 0 Å². The first-order chi connectivity index (χ1) is 20.0. The molecule has 5 nitrogen and oxygen atoms in total. The van der Waals surface area contributed by atoms with Crippen LogP contribution in [0.2, 0.25) is 0 Å². The summed E-state index contributed by atoms with van der Waals surface area (Å²) in [6.07, 6.45) is 11.0. The molecule has 3 aromatic rings. The molecule has 0 bridgehead atoms. The minimum Gasteiger partial charge on any atom is -0.493 e. The molecule has 0 atom stereocenters. The molecule has 41 heavy (non-hydrogen) atoms. The maximum atomic E-state index is 11.6. The number of benzene rings is 3. The van der Waals surface area contributed by atoms with E-state index in [0.29, 0.717) is 25.4 Å². The van der Waals surface area contributed by atoms with Gasteiger partial charge in [0.25, 0.3) is 0 Å². The lowest BCUT2D eigenvalue weighted by Gasteiger charge is -2.22. The smallest absolute Gasteiger partial charge is 0.305 e. The number of rotatable bonds is 9. The first-order valence-corrected chi connectivity index (χ1v) is 16.0. The first-order valence-electron chi connectivity index (χ1n) is 14.5. The minimum atomic E-state index is -0.627. The second-order valence-electron chi connectivity index (χ2n) is 10.7. The van der Waals surface area contributed by atoms with Crippen LogP contribution in [0, 0.1) is 18.3 Å². The van der Waals surface area contributed by atoms with Crippen LogP contribution in [0.4, 0.5) is 5.69 Å². The van der Waals surface area contributed by atoms with Gasteiger partial charge in [-0.25, -0.2) is 0 Å². The third-order valence-electron chi connectivity index (χ3n) is 7.72. The molecule has 5 rings (SSSR count). The Labute approximate surface area is 247 Å². The Morgan fingerprint density at radius 3 is 2.41 bits per heavy atom. The summed E-state index contributed by atoms with van der Waals surface area (Å²) >= 11 is 0. The molecule has 2 aliphatic rings. The van der Waals surface area contributed by atoms with Crippen LogP contribution in [0.5, 0.6) is 5.75 Å². The maximum Gasteiger partial charge on any atom is 0.305 e. The van der Waals surface area contributed by atoms with Crippen LogP contribution in [-0.4, -0.2) is 35.4 Å². The molecule has 1 N–H and O–H groups in total. The summed E-state index contributed by atoms with van der Waals surface area (Å²) in [5.41, 5.74) is 8.85. The van der Waals surface area contributed by atoms with Gasteiger partial charge < -0.3 is 14.8 Å². The molecule has 0 aromatic heterocycles. The van der Waals surface area contributed by atoms with Gasteiger partial charge in [0.2, 0.25) is 0 Å². The van der Waals surface area contributed by atoms with E-state index in [9.17, 15) is 9.00 Å². The fraction of sp³-hybridized carbons (Fsp3) is 0.400. The average Bonchev–Trinajstić information content (AvgIpc) is 3.18. The summed E-state index contributed by atoms with van der Waals surface area (Å²) < 4.78 is 22.6. The first kappa shape index (κ1) is 30.4. The highest BCUT2D eigenvalue weighted by Crippen LogP contribution is 2.35. The Hall–Kier alpha value is -3.56. The number of hydrogen-bond acceptors (Lipinski definition) is 5. The van der Waals surface area contributed by atoms with Crippen molar-refractivity contribution in [3.05, 3.63) is 82.9 Å². The molecule has 1 saturated heterocycles. The van der Waals surface area contributed by atoms with Crippen LogP contribution in [-0.2, 0) is 46.1 Å². The molecular formula is C35H41NO4S. The van der Waals surface area contributed by atoms with Crippen molar-refractivity contribution in [2.45, 2.75) is 58.4 Å². The number of carbonyl (C=O) groups excluding carboxylic acids is 1. The Morgan fingerprint density at radius 1 is 0.976 bits per heavy atom.